The zero-order valence-corrected chi connectivity index (χ0v) is 21.7. The second-order valence-corrected chi connectivity index (χ2v) is 10.7. The molecule has 0 N–H and O–H groups in total. The van der Waals surface area contributed by atoms with Gasteiger partial charge < -0.3 is 14.5 Å². The Morgan fingerprint density at radius 1 is 1.00 bits per heavy atom. The number of benzene rings is 1. The van der Waals surface area contributed by atoms with Gasteiger partial charge in [-0.25, -0.2) is 13.9 Å². The molecule has 1 aliphatic rings. The van der Waals surface area contributed by atoms with E-state index in [1.807, 2.05) is 41.8 Å². The van der Waals surface area contributed by atoms with Crippen LogP contribution in [0.1, 0.15) is 4.88 Å². The maximum atomic E-state index is 13.4. The fourth-order valence-electron chi connectivity index (χ4n) is 4.75. The van der Waals surface area contributed by atoms with E-state index in [1.165, 1.54) is 36.3 Å². The highest BCUT2D eigenvalue weighted by atomic mass is 32.1. The molecular formula is C25H24N6O4S2. The van der Waals surface area contributed by atoms with Crippen molar-refractivity contribution in [2.24, 2.45) is 0 Å². The molecule has 1 aromatic carbocycles. The van der Waals surface area contributed by atoms with Crippen molar-refractivity contribution >= 4 is 50.3 Å². The number of aromatic nitrogens is 4. The summed E-state index contributed by atoms with van der Waals surface area (Å²) in [4.78, 5) is 44.7. The first-order chi connectivity index (χ1) is 18.0. The predicted octanol–water partition coefficient (Wildman–Crippen LogP) is 2.34. The molecule has 5 aromatic rings. The number of hydrogen-bond acceptors (Lipinski definition) is 8. The first-order valence-corrected chi connectivity index (χ1v) is 13.6. The summed E-state index contributed by atoms with van der Waals surface area (Å²) in [7, 11) is 1.65. The van der Waals surface area contributed by atoms with E-state index in [2.05, 4.69) is 10.00 Å². The van der Waals surface area contributed by atoms with Crippen LogP contribution in [0.2, 0.25) is 0 Å². The van der Waals surface area contributed by atoms with Gasteiger partial charge in [0.25, 0.3) is 5.56 Å². The van der Waals surface area contributed by atoms with Gasteiger partial charge in [-0.2, -0.15) is 0 Å². The highest BCUT2D eigenvalue weighted by Crippen LogP contribution is 2.28. The van der Waals surface area contributed by atoms with Gasteiger partial charge in [-0.15, -0.1) is 27.8 Å². The maximum absolute atomic E-state index is 13.4. The zero-order chi connectivity index (χ0) is 25.5. The second kappa shape index (κ2) is 9.52. The van der Waals surface area contributed by atoms with Crippen LogP contribution in [0.5, 0.6) is 5.75 Å². The van der Waals surface area contributed by atoms with Crippen LogP contribution in [-0.4, -0.2) is 62.8 Å². The van der Waals surface area contributed by atoms with E-state index in [0.717, 1.165) is 16.3 Å². The van der Waals surface area contributed by atoms with Crippen LogP contribution in [0.15, 0.2) is 62.8 Å². The van der Waals surface area contributed by atoms with Crippen molar-refractivity contribution in [3.8, 4) is 5.75 Å². The minimum absolute atomic E-state index is 0.182. The Labute approximate surface area is 219 Å². The largest absolute Gasteiger partial charge is 0.495 e. The number of amides is 1. The van der Waals surface area contributed by atoms with Gasteiger partial charge in [-0.3, -0.25) is 14.2 Å². The van der Waals surface area contributed by atoms with Gasteiger partial charge in [-0.05, 0) is 35.0 Å². The Hall–Kier alpha value is -3.90. The molecule has 1 saturated heterocycles. The summed E-state index contributed by atoms with van der Waals surface area (Å²) in [6.07, 6.45) is 0. The normalized spacial score (nSPS) is 14.1. The lowest BCUT2D eigenvalue weighted by Crippen LogP contribution is -2.50. The van der Waals surface area contributed by atoms with Gasteiger partial charge in [0.15, 0.2) is 0 Å². The molecular weight excluding hydrogens is 512 g/mol. The van der Waals surface area contributed by atoms with Crippen molar-refractivity contribution in [1.29, 1.82) is 0 Å². The monoisotopic (exact) mass is 536 g/mol. The number of nitrogens with zero attached hydrogens (tertiary/aromatic N) is 6. The lowest BCUT2D eigenvalue weighted by atomic mass is 10.2. The number of rotatable bonds is 6. The van der Waals surface area contributed by atoms with Crippen molar-refractivity contribution in [2.45, 2.75) is 13.1 Å². The quantitative estimate of drug-likeness (QED) is 0.331. The maximum Gasteiger partial charge on any atom is 0.352 e. The molecule has 0 aliphatic carbocycles. The highest BCUT2D eigenvalue weighted by molar-refractivity contribution is 7.17. The summed E-state index contributed by atoms with van der Waals surface area (Å²) in [6.45, 7) is 2.48. The molecule has 1 amide bonds. The standard InChI is InChI=1S/C25H24N6O4S2/c1-35-20-7-3-2-6-18(20)27-9-11-28(12-10-27)21(32)16-30-25(34)31-19-8-14-37-22(19)23(33)29(24(31)26-30)15-17-5-4-13-36-17/h2-8,13-14H,9-12,15-16H2,1H3. The van der Waals surface area contributed by atoms with Crippen LogP contribution in [0.25, 0.3) is 16.0 Å². The summed E-state index contributed by atoms with van der Waals surface area (Å²) >= 11 is 2.83. The van der Waals surface area contributed by atoms with Crippen LogP contribution in [0.4, 0.5) is 5.69 Å². The van der Waals surface area contributed by atoms with E-state index in [0.29, 0.717) is 42.9 Å². The highest BCUT2D eigenvalue weighted by Gasteiger charge is 2.25. The molecule has 0 atom stereocenters. The van der Waals surface area contributed by atoms with Gasteiger partial charge in [-0.1, -0.05) is 18.2 Å². The summed E-state index contributed by atoms with van der Waals surface area (Å²) < 4.78 is 10.1. The number of carbonyl (C=O) groups excluding carboxylic acids is 1. The topological polar surface area (TPSA) is 94.1 Å². The Bertz CT molecular complexity index is 1710. The minimum Gasteiger partial charge on any atom is -0.495 e. The smallest absolute Gasteiger partial charge is 0.352 e. The molecule has 0 radical (unpaired) electrons. The first kappa shape index (κ1) is 23.5. The van der Waals surface area contributed by atoms with Crippen LogP contribution in [0.3, 0.4) is 0 Å². The number of thiophene rings is 2. The Morgan fingerprint density at radius 3 is 2.57 bits per heavy atom. The van der Waals surface area contributed by atoms with Crippen LogP contribution < -0.4 is 20.9 Å². The number of piperazine rings is 1. The van der Waals surface area contributed by atoms with Crippen molar-refractivity contribution in [2.75, 3.05) is 38.2 Å². The van der Waals surface area contributed by atoms with E-state index < -0.39 is 5.69 Å². The Balaban J connectivity index is 1.27. The molecule has 0 bridgehead atoms. The molecule has 12 heteroatoms. The van der Waals surface area contributed by atoms with Crippen molar-refractivity contribution in [3.63, 3.8) is 0 Å². The van der Waals surface area contributed by atoms with Gasteiger partial charge in [0.1, 0.15) is 17.0 Å². The summed E-state index contributed by atoms with van der Waals surface area (Å²) in [5, 5.41) is 8.20. The average molecular weight is 537 g/mol. The van der Waals surface area contributed by atoms with Crippen LogP contribution in [-0.2, 0) is 17.9 Å². The Kier molecular flexibility index (Phi) is 6.05. The number of carbonyl (C=O) groups is 1. The first-order valence-electron chi connectivity index (χ1n) is 11.8. The third kappa shape index (κ3) is 4.11. The van der Waals surface area contributed by atoms with Crippen LogP contribution in [0, 0.1) is 0 Å². The average Bonchev–Trinajstić information content (AvgIpc) is 3.68. The molecule has 1 fully saturated rings. The molecule has 0 unspecified atom stereocenters. The summed E-state index contributed by atoms with van der Waals surface area (Å²) in [6, 6.07) is 13.4. The fourth-order valence-corrected chi connectivity index (χ4v) is 6.27. The zero-order valence-electron chi connectivity index (χ0n) is 20.1. The van der Waals surface area contributed by atoms with E-state index >= 15 is 0 Å². The number of anilines is 1. The predicted molar refractivity (Wildman–Crippen MR) is 144 cm³/mol. The molecule has 5 heterocycles. The fraction of sp³-hybridized carbons (Fsp3) is 0.280. The minimum atomic E-state index is -0.431. The van der Waals surface area contributed by atoms with E-state index in [4.69, 9.17) is 4.74 Å². The molecule has 6 rings (SSSR count). The SMILES string of the molecule is COc1ccccc1N1CCN(C(=O)Cn2nc3n(Cc4cccs4)c(=O)c4sccc4n3c2=O)CC1. The third-order valence-electron chi connectivity index (χ3n) is 6.63. The summed E-state index contributed by atoms with van der Waals surface area (Å²) in [5.41, 5.74) is 0.889. The number of hydrogen-bond donors (Lipinski definition) is 0. The van der Waals surface area contributed by atoms with Crippen molar-refractivity contribution in [1.82, 2.24) is 23.6 Å². The van der Waals surface area contributed by atoms with Gasteiger partial charge >= 0.3 is 5.69 Å². The van der Waals surface area contributed by atoms with Gasteiger partial charge in [0.2, 0.25) is 11.7 Å². The molecule has 10 nitrogen and oxygen atoms in total. The van der Waals surface area contributed by atoms with Gasteiger partial charge in [0, 0.05) is 31.1 Å². The van der Waals surface area contributed by atoms with E-state index in [9.17, 15) is 14.4 Å². The van der Waals surface area contributed by atoms with E-state index in [-0.39, 0.29) is 23.8 Å². The second-order valence-electron chi connectivity index (χ2n) is 8.72. The van der Waals surface area contributed by atoms with E-state index in [1.54, 1.807) is 23.5 Å². The van der Waals surface area contributed by atoms with Crippen molar-refractivity contribution < 1.29 is 9.53 Å². The molecule has 1 aliphatic heterocycles. The molecule has 0 spiro atoms. The lowest BCUT2D eigenvalue weighted by Gasteiger charge is -2.36. The Morgan fingerprint density at radius 2 is 1.81 bits per heavy atom. The van der Waals surface area contributed by atoms with Gasteiger partial charge in [0.05, 0.1) is 24.9 Å². The number of ether oxygens (including phenoxy) is 1. The third-order valence-corrected chi connectivity index (χ3v) is 8.38. The molecule has 0 saturated carbocycles. The molecule has 37 heavy (non-hydrogen) atoms. The van der Waals surface area contributed by atoms with Crippen LogP contribution >= 0.6 is 22.7 Å². The lowest BCUT2D eigenvalue weighted by molar-refractivity contribution is -0.132. The van der Waals surface area contributed by atoms with Crippen molar-refractivity contribution in [3.05, 3.63) is 78.9 Å². The number of fused-ring (bicyclic) bond motifs is 3. The number of methoxy groups -OCH3 is 1. The summed E-state index contributed by atoms with van der Waals surface area (Å²) in [5.74, 6) is 0.855. The number of para-hydroxylation sites is 2. The molecule has 190 valence electrons. The molecule has 4 aromatic heterocycles.